The number of nitrogens with zero attached hydrogens (tertiary/aromatic N) is 3. The number of aryl methyl sites for hydroxylation is 1. The van der Waals surface area contributed by atoms with Gasteiger partial charge in [-0.25, -0.2) is 4.79 Å². The van der Waals surface area contributed by atoms with Crippen molar-refractivity contribution >= 4 is 24.3 Å². The van der Waals surface area contributed by atoms with Crippen molar-refractivity contribution in [2.75, 3.05) is 0 Å². The van der Waals surface area contributed by atoms with E-state index in [1.165, 1.54) is 0 Å². The Balaban J connectivity index is 0.00000192. The quantitative estimate of drug-likeness (QED) is 0.758. The summed E-state index contributed by atoms with van der Waals surface area (Å²) in [6.45, 7) is -0.0440. The normalized spacial score (nSPS) is 25.1. The van der Waals surface area contributed by atoms with Crippen LogP contribution in [0.1, 0.15) is 54.9 Å². The lowest BCUT2D eigenvalue weighted by molar-refractivity contribution is -0.132. The van der Waals surface area contributed by atoms with E-state index in [-0.39, 0.29) is 30.7 Å². The van der Waals surface area contributed by atoms with Gasteiger partial charge in [0, 0.05) is 0 Å². The lowest BCUT2D eigenvalue weighted by Crippen LogP contribution is -2.41. The van der Waals surface area contributed by atoms with Gasteiger partial charge in [0.05, 0.1) is 5.54 Å². The number of hydrogen-bond donors (Lipinski definition) is 2. The van der Waals surface area contributed by atoms with Crippen molar-refractivity contribution in [2.24, 2.45) is 5.73 Å². The van der Waals surface area contributed by atoms with Gasteiger partial charge in [-0.3, -0.25) is 9.69 Å². The fourth-order valence-electron chi connectivity index (χ4n) is 4.62. The maximum Gasteiger partial charge on any atom is 0.325 e. The van der Waals surface area contributed by atoms with E-state index >= 15 is 0 Å². The number of urea groups is 1. The van der Waals surface area contributed by atoms with E-state index in [0.717, 1.165) is 48.1 Å². The second-order valence-electron chi connectivity index (χ2n) is 7.76. The van der Waals surface area contributed by atoms with Gasteiger partial charge in [-0.2, -0.15) is 4.98 Å². The molecule has 2 fully saturated rings. The number of carbonyl (C=O) groups is 2. The van der Waals surface area contributed by atoms with Crippen LogP contribution < -0.4 is 11.1 Å². The molecule has 1 saturated carbocycles. The Labute approximate surface area is 168 Å². The topological polar surface area (TPSA) is 114 Å². The maximum absolute atomic E-state index is 13.2. The van der Waals surface area contributed by atoms with E-state index in [9.17, 15) is 9.59 Å². The van der Waals surface area contributed by atoms with Crippen molar-refractivity contribution in [3.63, 3.8) is 0 Å². The summed E-state index contributed by atoms with van der Waals surface area (Å²) in [5, 5.41) is 6.90. The van der Waals surface area contributed by atoms with Crippen molar-refractivity contribution in [2.45, 2.75) is 56.1 Å². The molecule has 3 N–H and O–H groups in total. The van der Waals surface area contributed by atoms with E-state index in [2.05, 4.69) is 15.5 Å². The highest BCUT2D eigenvalue weighted by atomic mass is 35.5. The Morgan fingerprint density at radius 1 is 1.18 bits per heavy atom. The third-order valence-electron chi connectivity index (χ3n) is 6.12. The highest BCUT2D eigenvalue weighted by Gasteiger charge is 2.55. The lowest BCUT2D eigenvalue weighted by Gasteiger charge is -2.22. The standard InChI is InChI=1S/C19H21N5O3.ClH/c20-18(8-3-4-9-18)15-21-14(27-23-15)11-24-16(25)19(22-17(24)26)10-7-12-5-1-2-6-13(12)19;/h1-2,5-6H,3-4,7-11,20H2,(H,22,26);1H. The molecule has 28 heavy (non-hydrogen) atoms. The molecule has 1 aromatic carbocycles. The first kappa shape index (κ1) is 18.9. The number of nitrogens with one attached hydrogen (secondary N) is 1. The van der Waals surface area contributed by atoms with Crippen LogP contribution in [0.4, 0.5) is 4.79 Å². The minimum Gasteiger partial charge on any atom is -0.337 e. The molecule has 3 amide bonds. The molecule has 3 aliphatic rings. The predicted molar refractivity (Wildman–Crippen MR) is 101 cm³/mol. The number of aromatic nitrogens is 2. The van der Waals surface area contributed by atoms with E-state index in [1.54, 1.807) is 0 Å². The molecule has 8 nitrogen and oxygen atoms in total. The third-order valence-corrected chi connectivity index (χ3v) is 6.12. The van der Waals surface area contributed by atoms with Gasteiger partial charge >= 0.3 is 6.03 Å². The number of halogens is 1. The Bertz CT molecular complexity index is 939. The number of nitrogens with two attached hydrogens (primary N) is 1. The third kappa shape index (κ3) is 2.62. The first-order valence-corrected chi connectivity index (χ1v) is 9.36. The minimum atomic E-state index is -0.975. The molecule has 1 aromatic heterocycles. The van der Waals surface area contributed by atoms with Crippen LogP contribution in [0.2, 0.25) is 0 Å². The van der Waals surface area contributed by atoms with E-state index < -0.39 is 17.1 Å². The van der Waals surface area contributed by atoms with E-state index in [1.807, 2.05) is 24.3 Å². The molecular formula is C19H22ClN5O3. The summed E-state index contributed by atoms with van der Waals surface area (Å²) >= 11 is 0. The van der Waals surface area contributed by atoms with Crippen LogP contribution >= 0.6 is 12.4 Å². The maximum atomic E-state index is 13.2. The van der Waals surface area contributed by atoms with Gasteiger partial charge in [0.25, 0.3) is 5.91 Å². The monoisotopic (exact) mass is 403 g/mol. The Morgan fingerprint density at radius 3 is 2.71 bits per heavy atom. The van der Waals surface area contributed by atoms with Crippen molar-refractivity contribution in [1.82, 2.24) is 20.4 Å². The Morgan fingerprint density at radius 2 is 1.93 bits per heavy atom. The number of benzene rings is 1. The zero-order valence-corrected chi connectivity index (χ0v) is 16.1. The predicted octanol–water partition coefficient (Wildman–Crippen LogP) is 2.11. The average molecular weight is 404 g/mol. The van der Waals surface area contributed by atoms with Crippen LogP contribution in [-0.4, -0.2) is 27.0 Å². The molecular weight excluding hydrogens is 382 g/mol. The van der Waals surface area contributed by atoms with Gasteiger partial charge in [0.2, 0.25) is 5.89 Å². The molecule has 1 unspecified atom stereocenters. The second-order valence-corrected chi connectivity index (χ2v) is 7.76. The second kappa shape index (κ2) is 6.56. The molecule has 1 aliphatic heterocycles. The fraction of sp³-hybridized carbons (Fsp3) is 0.474. The number of carbonyl (C=O) groups excluding carboxylic acids is 2. The summed E-state index contributed by atoms with van der Waals surface area (Å²) in [4.78, 5) is 31.3. The van der Waals surface area contributed by atoms with Gasteiger partial charge < -0.3 is 15.6 Å². The van der Waals surface area contributed by atoms with Crippen LogP contribution in [0.5, 0.6) is 0 Å². The summed E-state index contributed by atoms with van der Waals surface area (Å²) in [7, 11) is 0. The molecule has 5 rings (SSSR count). The summed E-state index contributed by atoms with van der Waals surface area (Å²) in [5.74, 6) is 0.428. The van der Waals surface area contributed by atoms with Crippen molar-refractivity contribution < 1.29 is 14.1 Å². The lowest BCUT2D eigenvalue weighted by atomic mass is 9.92. The molecule has 148 valence electrons. The summed E-state index contributed by atoms with van der Waals surface area (Å²) in [6.07, 6.45) is 5.03. The number of rotatable bonds is 3. The molecule has 1 saturated heterocycles. The molecule has 0 bridgehead atoms. The zero-order valence-electron chi connectivity index (χ0n) is 15.3. The molecule has 9 heteroatoms. The van der Waals surface area contributed by atoms with Crippen LogP contribution in [0.3, 0.4) is 0 Å². The smallest absolute Gasteiger partial charge is 0.325 e. The number of amides is 3. The Hall–Kier alpha value is -2.45. The molecule has 2 heterocycles. The Kier molecular flexibility index (Phi) is 4.43. The number of imide groups is 1. The molecule has 2 aliphatic carbocycles. The first-order chi connectivity index (χ1) is 13.0. The van der Waals surface area contributed by atoms with Crippen LogP contribution in [0.25, 0.3) is 0 Å². The molecule has 1 atom stereocenters. The van der Waals surface area contributed by atoms with Crippen LogP contribution in [0.15, 0.2) is 28.8 Å². The van der Waals surface area contributed by atoms with Gasteiger partial charge in [-0.05, 0) is 36.8 Å². The summed E-state index contributed by atoms with van der Waals surface area (Å²) < 4.78 is 5.31. The zero-order chi connectivity index (χ0) is 18.6. The number of hydrogen-bond acceptors (Lipinski definition) is 6. The highest BCUT2D eigenvalue weighted by molar-refractivity contribution is 6.07. The van der Waals surface area contributed by atoms with Gasteiger partial charge in [-0.15, -0.1) is 12.4 Å². The molecule has 1 spiro atoms. The van der Waals surface area contributed by atoms with Crippen LogP contribution in [-0.2, 0) is 28.8 Å². The van der Waals surface area contributed by atoms with Crippen LogP contribution in [0, 0.1) is 0 Å². The SMILES string of the molecule is Cl.NC1(c2noc(CN3C(=O)NC4(CCc5ccccc54)C3=O)n2)CCCC1. The average Bonchev–Trinajstić information content (AvgIpc) is 3.42. The summed E-state index contributed by atoms with van der Waals surface area (Å²) in [6, 6.07) is 7.31. The summed E-state index contributed by atoms with van der Waals surface area (Å²) in [5.41, 5.74) is 6.79. The minimum absolute atomic E-state index is 0. The van der Waals surface area contributed by atoms with Crippen molar-refractivity contribution in [3.05, 3.63) is 47.1 Å². The van der Waals surface area contributed by atoms with Gasteiger partial charge in [-0.1, -0.05) is 42.3 Å². The van der Waals surface area contributed by atoms with Crippen molar-refractivity contribution in [1.29, 1.82) is 0 Å². The first-order valence-electron chi connectivity index (χ1n) is 9.36. The fourth-order valence-corrected chi connectivity index (χ4v) is 4.62. The van der Waals surface area contributed by atoms with E-state index in [0.29, 0.717) is 12.2 Å². The van der Waals surface area contributed by atoms with Crippen molar-refractivity contribution in [3.8, 4) is 0 Å². The highest BCUT2D eigenvalue weighted by Crippen LogP contribution is 2.41. The van der Waals surface area contributed by atoms with Gasteiger partial charge in [0.1, 0.15) is 12.1 Å². The molecule has 2 aromatic rings. The molecule has 0 radical (unpaired) electrons. The van der Waals surface area contributed by atoms with E-state index in [4.69, 9.17) is 10.3 Å². The largest absolute Gasteiger partial charge is 0.337 e. The van der Waals surface area contributed by atoms with Gasteiger partial charge in [0.15, 0.2) is 5.82 Å². The number of fused-ring (bicyclic) bond motifs is 2.